The van der Waals surface area contributed by atoms with Crippen LogP contribution in [0.5, 0.6) is 0 Å². The number of benzene rings is 2. The lowest BCUT2D eigenvalue weighted by Gasteiger charge is -2.13. The molecule has 2 rings (SSSR count). The second-order valence-electron chi connectivity index (χ2n) is 5.29. The number of amides is 1. The molecule has 0 unspecified atom stereocenters. The van der Waals surface area contributed by atoms with E-state index in [0.29, 0.717) is 28.7 Å². The first-order chi connectivity index (χ1) is 11.0. The standard InChI is InChI=1S/C17H19Cl2N3O/c1-22(2)14-6-4-13(5-7-14)20-10-9-17(23)21-16-11-12(18)3-8-15(16)19/h3-8,11,20H,9-10H2,1-2H3,(H,21,23). The van der Waals surface area contributed by atoms with Gasteiger partial charge in [-0.3, -0.25) is 4.79 Å². The van der Waals surface area contributed by atoms with Crippen molar-refractivity contribution in [3.63, 3.8) is 0 Å². The molecule has 0 aliphatic heterocycles. The van der Waals surface area contributed by atoms with E-state index >= 15 is 0 Å². The Balaban J connectivity index is 1.81. The lowest BCUT2D eigenvalue weighted by atomic mass is 10.2. The van der Waals surface area contributed by atoms with Gasteiger partial charge in [0.25, 0.3) is 0 Å². The molecule has 0 heterocycles. The van der Waals surface area contributed by atoms with E-state index in [2.05, 4.69) is 10.6 Å². The van der Waals surface area contributed by atoms with Crippen LogP contribution in [0.4, 0.5) is 17.1 Å². The first-order valence-corrected chi connectivity index (χ1v) is 7.97. The van der Waals surface area contributed by atoms with E-state index in [1.54, 1.807) is 18.2 Å². The second-order valence-corrected chi connectivity index (χ2v) is 6.13. The third-order valence-electron chi connectivity index (χ3n) is 3.27. The highest BCUT2D eigenvalue weighted by Crippen LogP contribution is 2.25. The number of rotatable bonds is 6. The summed E-state index contributed by atoms with van der Waals surface area (Å²) in [5.74, 6) is -0.119. The summed E-state index contributed by atoms with van der Waals surface area (Å²) >= 11 is 11.9. The summed E-state index contributed by atoms with van der Waals surface area (Å²) in [5.41, 5.74) is 2.63. The molecule has 23 heavy (non-hydrogen) atoms. The van der Waals surface area contributed by atoms with Gasteiger partial charge in [-0.2, -0.15) is 0 Å². The largest absolute Gasteiger partial charge is 0.385 e. The molecule has 0 spiro atoms. The number of carbonyl (C=O) groups is 1. The Hall–Kier alpha value is -1.91. The third kappa shape index (κ3) is 5.34. The molecule has 0 saturated heterocycles. The quantitative estimate of drug-likeness (QED) is 0.805. The van der Waals surface area contributed by atoms with Gasteiger partial charge in [0, 0.05) is 43.5 Å². The number of halogens is 2. The zero-order valence-corrected chi connectivity index (χ0v) is 14.6. The number of carbonyl (C=O) groups excluding carboxylic acids is 1. The summed E-state index contributed by atoms with van der Waals surface area (Å²) in [6.07, 6.45) is 0.332. The topological polar surface area (TPSA) is 44.4 Å². The molecule has 1 amide bonds. The molecule has 0 fully saturated rings. The van der Waals surface area contributed by atoms with Gasteiger partial charge < -0.3 is 15.5 Å². The van der Waals surface area contributed by atoms with Crippen LogP contribution in [0.15, 0.2) is 42.5 Å². The molecule has 0 aromatic heterocycles. The van der Waals surface area contributed by atoms with Gasteiger partial charge in [0.15, 0.2) is 0 Å². The molecule has 0 radical (unpaired) electrons. The Kier molecular flexibility index (Phi) is 6.13. The van der Waals surface area contributed by atoms with Gasteiger partial charge in [-0.25, -0.2) is 0 Å². The molecule has 0 aliphatic rings. The van der Waals surface area contributed by atoms with Gasteiger partial charge in [-0.15, -0.1) is 0 Å². The van der Waals surface area contributed by atoms with Gasteiger partial charge in [-0.1, -0.05) is 23.2 Å². The second kappa shape index (κ2) is 8.09. The maximum absolute atomic E-state index is 12.0. The minimum atomic E-state index is -0.119. The van der Waals surface area contributed by atoms with Crippen LogP contribution >= 0.6 is 23.2 Å². The van der Waals surface area contributed by atoms with Crippen molar-refractivity contribution in [3.8, 4) is 0 Å². The first-order valence-electron chi connectivity index (χ1n) is 7.22. The smallest absolute Gasteiger partial charge is 0.226 e. The fourth-order valence-electron chi connectivity index (χ4n) is 2.00. The van der Waals surface area contributed by atoms with E-state index in [1.165, 1.54) is 0 Å². The van der Waals surface area contributed by atoms with Crippen molar-refractivity contribution in [2.24, 2.45) is 0 Å². The summed E-state index contributed by atoms with van der Waals surface area (Å²) in [5, 5.41) is 6.97. The van der Waals surface area contributed by atoms with Crippen LogP contribution in [0, 0.1) is 0 Å². The highest BCUT2D eigenvalue weighted by Gasteiger charge is 2.06. The van der Waals surface area contributed by atoms with E-state index in [1.807, 2.05) is 43.3 Å². The third-order valence-corrected chi connectivity index (χ3v) is 3.83. The number of nitrogens with one attached hydrogen (secondary N) is 2. The lowest BCUT2D eigenvalue weighted by molar-refractivity contribution is -0.115. The van der Waals surface area contributed by atoms with Crippen LogP contribution in [0.1, 0.15) is 6.42 Å². The van der Waals surface area contributed by atoms with Crippen LogP contribution in [0.2, 0.25) is 10.0 Å². The molecule has 0 atom stereocenters. The molecule has 2 aromatic carbocycles. The van der Waals surface area contributed by atoms with Gasteiger partial charge >= 0.3 is 0 Å². The Morgan fingerprint density at radius 3 is 2.43 bits per heavy atom. The summed E-state index contributed by atoms with van der Waals surface area (Å²) in [7, 11) is 3.99. The zero-order chi connectivity index (χ0) is 16.8. The average molecular weight is 352 g/mol. The van der Waals surface area contributed by atoms with Crippen molar-refractivity contribution in [2.45, 2.75) is 6.42 Å². The monoisotopic (exact) mass is 351 g/mol. The van der Waals surface area contributed by atoms with Crippen LogP contribution in [-0.2, 0) is 4.79 Å². The molecule has 0 saturated carbocycles. The lowest BCUT2D eigenvalue weighted by Crippen LogP contribution is -2.16. The van der Waals surface area contributed by atoms with Crippen molar-refractivity contribution < 1.29 is 4.79 Å². The molecule has 0 bridgehead atoms. The van der Waals surface area contributed by atoms with Crippen LogP contribution < -0.4 is 15.5 Å². The summed E-state index contributed by atoms with van der Waals surface area (Å²) in [6.45, 7) is 0.533. The zero-order valence-electron chi connectivity index (χ0n) is 13.1. The molecule has 6 heteroatoms. The molecular weight excluding hydrogens is 333 g/mol. The Morgan fingerprint density at radius 2 is 1.78 bits per heavy atom. The highest BCUT2D eigenvalue weighted by molar-refractivity contribution is 6.35. The van der Waals surface area contributed by atoms with Crippen molar-refractivity contribution in [1.82, 2.24) is 0 Å². The van der Waals surface area contributed by atoms with E-state index in [0.717, 1.165) is 11.4 Å². The number of anilines is 3. The van der Waals surface area contributed by atoms with Crippen LogP contribution in [-0.4, -0.2) is 26.5 Å². The fraction of sp³-hybridized carbons (Fsp3) is 0.235. The maximum Gasteiger partial charge on any atom is 0.226 e. The molecule has 0 aliphatic carbocycles. The molecular formula is C17H19Cl2N3O. The summed E-state index contributed by atoms with van der Waals surface area (Å²) < 4.78 is 0. The van der Waals surface area contributed by atoms with Gasteiger partial charge in [0.1, 0.15) is 0 Å². The molecule has 122 valence electrons. The molecule has 4 nitrogen and oxygen atoms in total. The van der Waals surface area contributed by atoms with Gasteiger partial charge in [0.05, 0.1) is 10.7 Å². The maximum atomic E-state index is 12.0. The van der Waals surface area contributed by atoms with Gasteiger partial charge in [0.2, 0.25) is 5.91 Å². The van der Waals surface area contributed by atoms with Gasteiger partial charge in [-0.05, 0) is 42.5 Å². The SMILES string of the molecule is CN(C)c1ccc(NCCC(=O)Nc2cc(Cl)ccc2Cl)cc1. The average Bonchev–Trinajstić information content (AvgIpc) is 2.51. The Bertz CT molecular complexity index is 672. The van der Waals surface area contributed by atoms with E-state index in [9.17, 15) is 4.79 Å². The van der Waals surface area contributed by atoms with E-state index < -0.39 is 0 Å². The number of nitrogens with zero attached hydrogens (tertiary/aromatic N) is 1. The van der Waals surface area contributed by atoms with Crippen molar-refractivity contribution in [1.29, 1.82) is 0 Å². The van der Waals surface area contributed by atoms with Crippen LogP contribution in [0.25, 0.3) is 0 Å². The molecule has 2 aromatic rings. The normalized spacial score (nSPS) is 10.3. The fourth-order valence-corrected chi connectivity index (χ4v) is 2.34. The highest BCUT2D eigenvalue weighted by atomic mass is 35.5. The summed E-state index contributed by atoms with van der Waals surface area (Å²) in [4.78, 5) is 14.0. The first kappa shape index (κ1) is 17.4. The van der Waals surface area contributed by atoms with Crippen molar-refractivity contribution in [3.05, 3.63) is 52.5 Å². The summed E-state index contributed by atoms with van der Waals surface area (Å²) in [6, 6.07) is 13.0. The Morgan fingerprint density at radius 1 is 1.09 bits per heavy atom. The molecule has 2 N–H and O–H groups in total. The van der Waals surface area contributed by atoms with Crippen molar-refractivity contribution >= 4 is 46.2 Å². The van der Waals surface area contributed by atoms with Crippen LogP contribution in [0.3, 0.4) is 0 Å². The minimum Gasteiger partial charge on any atom is -0.385 e. The van der Waals surface area contributed by atoms with Crippen molar-refractivity contribution in [2.75, 3.05) is 36.2 Å². The number of hydrogen-bond acceptors (Lipinski definition) is 3. The van der Waals surface area contributed by atoms with E-state index in [-0.39, 0.29) is 5.91 Å². The predicted octanol–water partition coefficient (Wildman–Crippen LogP) is 4.50. The van der Waals surface area contributed by atoms with E-state index in [4.69, 9.17) is 23.2 Å². The number of hydrogen-bond donors (Lipinski definition) is 2. The predicted molar refractivity (Wildman–Crippen MR) is 99.0 cm³/mol. The Labute approximate surface area is 146 Å². The minimum absolute atomic E-state index is 0.119.